The van der Waals surface area contributed by atoms with E-state index in [-0.39, 0.29) is 5.88 Å². The molecule has 0 atom stereocenters. The van der Waals surface area contributed by atoms with Gasteiger partial charge in [-0.25, -0.2) is 0 Å². The highest BCUT2D eigenvalue weighted by Crippen LogP contribution is 2.13. The molecule has 0 aromatic heterocycles. The monoisotopic (exact) mass is 370 g/mol. The van der Waals surface area contributed by atoms with E-state index in [2.05, 4.69) is 50.0 Å². The third-order valence-corrected chi connectivity index (χ3v) is 3.90. The first-order chi connectivity index (χ1) is 12.8. The largest absolute Gasteiger partial charge is 0.497 e. The number of hydrogen-bond donors (Lipinski definition) is 3. The van der Waals surface area contributed by atoms with Crippen LogP contribution in [0, 0.1) is 13.8 Å². The van der Waals surface area contributed by atoms with E-state index in [0.717, 1.165) is 11.3 Å². The number of aliphatic hydroxyl groups is 1. The summed E-state index contributed by atoms with van der Waals surface area (Å²) in [6.07, 6.45) is 0. The number of methoxy groups -OCH3 is 1. The Hall–Kier alpha value is -2.88. The molecule has 0 aliphatic carbocycles. The summed E-state index contributed by atoms with van der Waals surface area (Å²) in [5, 5.41) is 12.2. The van der Waals surface area contributed by atoms with Crippen molar-refractivity contribution in [2.75, 3.05) is 7.11 Å². The summed E-state index contributed by atoms with van der Waals surface area (Å²) in [6.45, 7) is 14.3. The Kier molecular flexibility index (Phi) is 11.9. The third-order valence-electron chi connectivity index (χ3n) is 3.90. The maximum absolute atomic E-state index is 9.11. The van der Waals surface area contributed by atoms with Crippen LogP contribution in [0.1, 0.15) is 37.5 Å². The molecular formula is C23H34N2O2. The lowest BCUT2D eigenvalue weighted by Crippen LogP contribution is -2.15. The molecule has 2 rings (SSSR count). The Morgan fingerprint density at radius 3 is 2.07 bits per heavy atom. The number of ether oxygens (including phenoxy) is 1. The van der Waals surface area contributed by atoms with Crippen molar-refractivity contribution < 1.29 is 9.84 Å². The van der Waals surface area contributed by atoms with Crippen LogP contribution in [0.3, 0.4) is 0 Å². The Morgan fingerprint density at radius 1 is 1.07 bits per heavy atom. The molecule has 0 unspecified atom stereocenters. The first kappa shape index (κ1) is 24.1. The van der Waals surface area contributed by atoms with Gasteiger partial charge in [-0.1, -0.05) is 56.8 Å². The van der Waals surface area contributed by atoms with E-state index in [1.165, 1.54) is 11.1 Å². The van der Waals surface area contributed by atoms with Gasteiger partial charge in [-0.2, -0.15) is 0 Å². The lowest BCUT2D eigenvalue weighted by atomic mass is 10.1. The SMILES string of the molecule is C=C(NCc1cccc(OC)c1)/C(C)=C(\N)O.CC.Cc1ccccc1C. The molecular weight excluding hydrogens is 336 g/mol. The zero-order chi connectivity index (χ0) is 20.8. The van der Waals surface area contributed by atoms with E-state index >= 15 is 0 Å². The van der Waals surface area contributed by atoms with E-state index in [9.17, 15) is 0 Å². The molecule has 2 aromatic rings. The maximum Gasteiger partial charge on any atom is 0.186 e. The van der Waals surface area contributed by atoms with Gasteiger partial charge in [0, 0.05) is 17.8 Å². The zero-order valence-electron chi connectivity index (χ0n) is 17.5. The topological polar surface area (TPSA) is 67.5 Å². The summed E-state index contributed by atoms with van der Waals surface area (Å²) in [4.78, 5) is 0. The molecule has 2 aromatic carbocycles. The van der Waals surface area contributed by atoms with Gasteiger partial charge in [0.2, 0.25) is 0 Å². The first-order valence-corrected chi connectivity index (χ1v) is 9.08. The molecule has 0 saturated carbocycles. The standard InChI is InChI=1S/C13H18N2O2.C8H10.C2H6/c1-9(13(14)16)10(2)15-8-11-5-4-6-12(7-11)17-3;1-7-5-3-4-6-8(7)2;1-2/h4-7,15-16H,2,8,14H2,1,3H3;3-6H,1-2H3;1-2H3/b13-9+;;. The molecule has 4 heteroatoms. The van der Waals surface area contributed by atoms with Crippen LogP contribution in [0.4, 0.5) is 0 Å². The Morgan fingerprint density at radius 2 is 1.63 bits per heavy atom. The van der Waals surface area contributed by atoms with Crippen LogP contribution in [-0.2, 0) is 6.54 Å². The molecule has 0 amide bonds. The minimum atomic E-state index is -0.215. The summed E-state index contributed by atoms with van der Waals surface area (Å²) in [7, 11) is 1.63. The van der Waals surface area contributed by atoms with Crippen molar-refractivity contribution in [1.82, 2.24) is 5.32 Å². The lowest BCUT2D eigenvalue weighted by molar-refractivity contribution is 0.398. The van der Waals surface area contributed by atoms with Crippen molar-refractivity contribution in [2.24, 2.45) is 5.73 Å². The summed E-state index contributed by atoms with van der Waals surface area (Å²) in [5.74, 6) is 0.594. The van der Waals surface area contributed by atoms with Crippen LogP contribution < -0.4 is 15.8 Å². The van der Waals surface area contributed by atoms with E-state index in [1.54, 1.807) is 14.0 Å². The number of aliphatic hydroxyl groups excluding tert-OH is 1. The Balaban J connectivity index is 0.000000562. The van der Waals surface area contributed by atoms with Crippen LogP contribution in [0.15, 0.2) is 72.3 Å². The molecule has 0 radical (unpaired) electrons. The predicted octanol–water partition coefficient (Wildman–Crippen LogP) is 5.38. The van der Waals surface area contributed by atoms with Crippen LogP contribution >= 0.6 is 0 Å². The molecule has 0 bridgehead atoms. The van der Waals surface area contributed by atoms with Crippen molar-refractivity contribution in [3.05, 3.63) is 89.0 Å². The summed E-state index contributed by atoms with van der Waals surface area (Å²) in [6, 6.07) is 16.1. The van der Waals surface area contributed by atoms with Crippen LogP contribution in [-0.4, -0.2) is 12.2 Å². The molecule has 4 nitrogen and oxygen atoms in total. The molecule has 0 aliphatic rings. The Bertz CT molecular complexity index is 712. The van der Waals surface area contributed by atoms with Crippen molar-refractivity contribution in [3.63, 3.8) is 0 Å². The van der Waals surface area contributed by atoms with Crippen LogP contribution in [0.25, 0.3) is 0 Å². The molecule has 0 heterocycles. The summed E-state index contributed by atoms with van der Waals surface area (Å²) >= 11 is 0. The van der Waals surface area contributed by atoms with Crippen LogP contribution in [0.5, 0.6) is 5.75 Å². The average molecular weight is 371 g/mol. The predicted molar refractivity (Wildman–Crippen MR) is 116 cm³/mol. The van der Waals surface area contributed by atoms with Gasteiger partial charge in [0.05, 0.1) is 7.11 Å². The summed E-state index contributed by atoms with van der Waals surface area (Å²) < 4.78 is 5.13. The highest BCUT2D eigenvalue weighted by molar-refractivity contribution is 5.30. The van der Waals surface area contributed by atoms with E-state index in [4.69, 9.17) is 15.6 Å². The number of allylic oxidation sites excluding steroid dienone is 1. The number of aryl methyl sites for hydroxylation is 2. The minimum absolute atomic E-state index is 0.215. The fraction of sp³-hybridized carbons (Fsp3) is 0.304. The lowest BCUT2D eigenvalue weighted by Gasteiger charge is -2.11. The minimum Gasteiger partial charge on any atom is -0.497 e. The summed E-state index contributed by atoms with van der Waals surface area (Å²) in [5.41, 5.74) is 10.2. The number of benzene rings is 2. The number of hydrogen-bond acceptors (Lipinski definition) is 4. The molecule has 0 spiro atoms. The van der Waals surface area contributed by atoms with Gasteiger partial charge in [0.1, 0.15) is 5.75 Å². The average Bonchev–Trinajstić information content (AvgIpc) is 2.70. The number of rotatable bonds is 5. The fourth-order valence-electron chi connectivity index (χ4n) is 1.94. The van der Waals surface area contributed by atoms with Crippen LogP contribution in [0.2, 0.25) is 0 Å². The third kappa shape index (κ3) is 9.40. The van der Waals surface area contributed by atoms with Gasteiger partial charge in [-0.05, 0) is 49.6 Å². The van der Waals surface area contributed by atoms with E-state index < -0.39 is 0 Å². The number of nitrogens with one attached hydrogen (secondary N) is 1. The molecule has 4 N–H and O–H groups in total. The Labute approximate surface area is 164 Å². The number of nitrogens with two attached hydrogens (primary N) is 1. The van der Waals surface area contributed by atoms with Crippen molar-refractivity contribution >= 4 is 0 Å². The van der Waals surface area contributed by atoms with E-state index in [1.807, 2.05) is 38.1 Å². The second kappa shape index (κ2) is 13.3. The molecule has 27 heavy (non-hydrogen) atoms. The second-order valence-electron chi connectivity index (χ2n) is 5.78. The quantitative estimate of drug-likeness (QED) is 0.488. The first-order valence-electron chi connectivity index (χ1n) is 9.08. The maximum atomic E-state index is 9.11. The molecule has 0 saturated heterocycles. The fourth-order valence-corrected chi connectivity index (χ4v) is 1.94. The van der Waals surface area contributed by atoms with Gasteiger partial charge in [-0.3, -0.25) is 0 Å². The second-order valence-corrected chi connectivity index (χ2v) is 5.78. The van der Waals surface area contributed by atoms with Gasteiger partial charge in [0.25, 0.3) is 0 Å². The van der Waals surface area contributed by atoms with Crippen molar-refractivity contribution in [2.45, 2.75) is 41.2 Å². The zero-order valence-corrected chi connectivity index (χ0v) is 17.5. The van der Waals surface area contributed by atoms with Crippen molar-refractivity contribution in [1.29, 1.82) is 0 Å². The smallest absolute Gasteiger partial charge is 0.186 e. The molecule has 0 aliphatic heterocycles. The van der Waals surface area contributed by atoms with Gasteiger partial charge < -0.3 is 20.9 Å². The van der Waals surface area contributed by atoms with E-state index in [0.29, 0.717) is 17.8 Å². The normalized spacial score (nSPS) is 10.3. The van der Waals surface area contributed by atoms with Gasteiger partial charge in [0.15, 0.2) is 5.88 Å². The van der Waals surface area contributed by atoms with Gasteiger partial charge >= 0.3 is 0 Å². The molecule has 148 valence electrons. The highest BCUT2D eigenvalue weighted by Gasteiger charge is 2.02. The van der Waals surface area contributed by atoms with Gasteiger partial charge in [-0.15, -0.1) is 0 Å². The molecule has 0 fully saturated rings. The highest BCUT2D eigenvalue weighted by atomic mass is 16.5. The van der Waals surface area contributed by atoms with Crippen molar-refractivity contribution in [3.8, 4) is 5.75 Å².